The van der Waals surface area contributed by atoms with Crippen molar-refractivity contribution >= 4 is 23.4 Å². The van der Waals surface area contributed by atoms with Crippen LogP contribution in [0.2, 0.25) is 0 Å². The number of nitrogens with zero attached hydrogens (tertiary/aromatic N) is 4. The molecule has 3 aromatic rings. The zero-order valence-electron chi connectivity index (χ0n) is 19.3. The third-order valence-electron chi connectivity index (χ3n) is 5.03. The molecule has 0 radical (unpaired) electrons. The molecule has 1 aliphatic heterocycles. The molecule has 4 rings (SSSR count). The average molecular weight is 465 g/mol. The molecule has 33 heavy (non-hydrogen) atoms. The first kappa shape index (κ1) is 23.0. The lowest BCUT2D eigenvalue weighted by Crippen LogP contribution is -2.36. The van der Waals surface area contributed by atoms with Crippen LogP contribution in [-0.2, 0) is 4.79 Å². The normalized spacial score (nSPS) is 14.8. The van der Waals surface area contributed by atoms with Gasteiger partial charge in [0.15, 0.2) is 5.69 Å². The minimum absolute atomic E-state index is 0.145. The van der Waals surface area contributed by atoms with Crippen molar-refractivity contribution in [3.05, 3.63) is 54.1 Å². The van der Waals surface area contributed by atoms with Crippen molar-refractivity contribution in [1.29, 1.82) is 0 Å². The maximum absolute atomic E-state index is 12.9. The van der Waals surface area contributed by atoms with Crippen LogP contribution in [0.25, 0.3) is 11.3 Å². The van der Waals surface area contributed by atoms with Gasteiger partial charge in [0, 0.05) is 23.8 Å². The highest BCUT2D eigenvalue weighted by molar-refractivity contribution is 7.99. The van der Waals surface area contributed by atoms with E-state index >= 15 is 0 Å². The number of aromatic nitrogens is 3. The summed E-state index contributed by atoms with van der Waals surface area (Å²) in [6.45, 7) is 8.54. The van der Waals surface area contributed by atoms with Crippen LogP contribution < -0.4 is 14.4 Å². The van der Waals surface area contributed by atoms with E-state index in [1.165, 1.54) is 6.92 Å². The number of carbonyl (C=O) groups is 1. The van der Waals surface area contributed by atoms with Gasteiger partial charge in [0.1, 0.15) is 5.75 Å². The number of benzene rings is 2. The first-order valence-corrected chi connectivity index (χ1v) is 12.1. The number of amides is 1. The molecule has 0 N–H and O–H groups in total. The van der Waals surface area contributed by atoms with Gasteiger partial charge < -0.3 is 9.47 Å². The third kappa shape index (κ3) is 5.11. The van der Waals surface area contributed by atoms with E-state index in [0.29, 0.717) is 34.9 Å². The van der Waals surface area contributed by atoms with E-state index < -0.39 is 6.23 Å². The Morgan fingerprint density at radius 2 is 1.91 bits per heavy atom. The first-order valence-electron chi connectivity index (χ1n) is 11.1. The summed E-state index contributed by atoms with van der Waals surface area (Å²) in [6.07, 6.45) is 0.230. The second-order valence-corrected chi connectivity index (χ2v) is 9.23. The van der Waals surface area contributed by atoms with E-state index in [9.17, 15) is 4.79 Å². The Hall–Kier alpha value is -3.13. The molecule has 1 aromatic heterocycles. The van der Waals surface area contributed by atoms with Gasteiger partial charge >= 0.3 is 0 Å². The number of para-hydroxylation sites is 1. The summed E-state index contributed by atoms with van der Waals surface area (Å²) in [5.74, 6) is 2.37. The van der Waals surface area contributed by atoms with Gasteiger partial charge in [-0.1, -0.05) is 50.7 Å². The van der Waals surface area contributed by atoms with Gasteiger partial charge in [-0.05, 0) is 42.7 Å². The summed E-state index contributed by atoms with van der Waals surface area (Å²) in [4.78, 5) is 19.2. The first-order chi connectivity index (χ1) is 16.0. The Balaban J connectivity index is 1.79. The van der Waals surface area contributed by atoms with Crippen LogP contribution in [0.3, 0.4) is 0 Å². The summed E-state index contributed by atoms with van der Waals surface area (Å²) in [7, 11) is 0. The van der Waals surface area contributed by atoms with E-state index in [-0.39, 0.29) is 5.91 Å². The van der Waals surface area contributed by atoms with E-state index in [2.05, 4.69) is 36.0 Å². The Bertz CT molecular complexity index is 1120. The van der Waals surface area contributed by atoms with Gasteiger partial charge in [-0.3, -0.25) is 9.69 Å². The fourth-order valence-corrected chi connectivity index (χ4v) is 4.25. The van der Waals surface area contributed by atoms with Crippen LogP contribution in [0.15, 0.2) is 53.7 Å². The van der Waals surface area contributed by atoms with E-state index in [4.69, 9.17) is 9.47 Å². The van der Waals surface area contributed by atoms with Gasteiger partial charge in [-0.2, -0.15) is 4.98 Å². The fraction of sp³-hybridized carbons (Fsp3) is 0.360. The molecule has 172 valence electrons. The van der Waals surface area contributed by atoms with E-state index in [0.717, 1.165) is 29.1 Å². The standard InChI is InChI=1S/C25H28N4O3S/c1-5-14-31-19-12-10-18(11-13-19)24-29(17(4)30)21-9-7-6-8-20(21)22-23(32-24)26-25(28-27-22)33-15-16(2)3/h6-13,16,24H,5,14-15H2,1-4H3/t24-/m1/s1. The number of hydrogen-bond acceptors (Lipinski definition) is 7. The van der Waals surface area contributed by atoms with Crippen LogP contribution in [-0.4, -0.2) is 33.4 Å². The molecule has 0 spiro atoms. The van der Waals surface area contributed by atoms with Crippen LogP contribution in [0.5, 0.6) is 11.6 Å². The lowest BCUT2D eigenvalue weighted by molar-refractivity contribution is -0.118. The fourth-order valence-electron chi connectivity index (χ4n) is 3.52. The average Bonchev–Trinajstić information content (AvgIpc) is 2.96. The highest BCUT2D eigenvalue weighted by atomic mass is 32.2. The van der Waals surface area contributed by atoms with E-state index in [1.54, 1.807) is 16.7 Å². The number of ether oxygens (including phenoxy) is 2. The number of carbonyl (C=O) groups excluding carboxylic acids is 1. The van der Waals surface area contributed by atoms with Gasteiger partial charge in [-0.25, -0.2) is 0 Å². The lowest BCUT2D eigenvalue weighted by Gasteiger charge is -2.30. The molecule has 0 saturated heterocycles. The molecule has 0 saturated carbocycles. The van der Waals surface area contributed by atoms with E-state index in [1.807, 2.05) is 48.5 Å². The van der Waals surface area contributed by atoms with Crippen molar-refractivity contribution in [3.63, 3.8) is 0 Å². The molecule has 0 aliphatic carbocycles. The zero-order chi connectivity index (χ0) is 23.4. The largest absolute Gasteiger partial charge is 0.494 e. The van der Waals surface area contributed by atoms with Crippen LogP contribution in [0.4, 0.5) is 5.69 Å². The number of anilines is 1. The molecule has 1 amide bonds. The van der Waals surface area contributed by atoms with Crippen LogP contribution in [0, 0.1) is 5.92 Å². The lowest BCUT2D eigenvalue weighted by atomic mass is 10.1. The molecule has 0 unspecified atom stereocenters. The maximum atomic E-state index is 12.9. The Kier molecular flexibility index (Phi) is 7.13. The van der Waals surface area contributed by atoms with Crippen molar-refractivity contribution in [2.45, 2.75) is 45.5 Å². The molecule has 2 heterocycles. The smallest absolute Gasteiger partial charge is 0.247 e. The van der Waals surface area contributed by atoms with Crippen molar-refractivity contribution in [2.75, 3.05) is 17.3 Å². The number of thioether (sulfide) groups is 1. The molecule has 1 atom stereocenters. The molecule has 8 heteroatoms. The summed E-state index contributed by atoms with van der Waals surface area (Å²) in [5.41, 5.74) is 2.80. The molecule has 1 aliphatic rings. The van der Waals surface area contributed by atoms with Crippen LogP contribution >= 0.6 is 11.8 Å². The van der Waals surface area contributed by atoms with Crippen molar-refractivity contribution < 1.29 is 14.3 Å². The SMILES string of the molecule is CCCOc1ccc([C@H]2Oc3nc(SCC(C)C)nnc3-c3ccccc3N2C(C)=O)cc1. The second-order valence-electron chi connectivity index (χ2n) is 8.25. The predicted octanol–water partition coefficient (Wildman–Crippen LogP) is 5.52. The minimum atomic E-state index is -0.704. The second kappa shape index (κ2) is 10.2. The van der Waals surface area contributed by atoms with Gasteiger partial charge in [0.05, 0.1) is 12.3 Å². The summed E-state index contributed by atoms with van der Waals surface area (Å²) in [5, 5.41) is 9.32. The Morgan fingerprint density at radius 1 is 1.15 bits per heavy atom. The van der Waals surface area contributed by atoms with Crippen molar-refractivity contribution in [1.82, 2.24) is 15.2 Å². The van der Waals surface area contributed by atoms with Gasteiger partial charge in [0.2, 0.25) is 23.2 Å². The molecule has 2 aromatic carbocycles. The molecule has 0 bridgehead atoms. The molecular formula is C25H28N4O3S. The molecule has 7 nitrogen and oxygen atoms in total. The van der Waals surface area contributed by atoms with Gasteiger partial charge in [-0.15, -0.1) is 10.2 Å². The highest BCUT2D eigenvalue weighted by Gasteiger charge is 2.34. The highest BCUT2D eigenvalue weighted by Crippen LogP contribution is 2.43. The third-order valence-corrected chi connectivity index (χ3v) is 6.30. The van der Waals surface area contributed by atoms with Crippen molar-refractivity contribution in [3.8, 4) is 22.9 Å². The Morgan fingerprint density at radius 3 is 2.61 bits per heavy atom. The predicted molar refractivity (Wildman–Crippen MR) is 130 cm³/mol. The number of hydrogen-bond donors (Lipinski definition) is 0. The summed E-state index contributed by atoms with van der Waals surface area (Å²) < 4.78 is 12.1. The van der Waals surface area contributed by atoms with Gasteiger partial charge in [0.25, 0.3) is 0 Å². The summed E-state index contributed by atoms with van der Waals surface area (Å²) >= 11 is 1.54. The zero-order valence-corrected chi connectivity index (χ0v) is 20.1. The van der Waals surface area contributed by atoms with Crippen molar-refractivity contribution in [2.24, 2.45) is 5.92 Å². The molecule has 0 fully saturated rings. The molecular weight excluding hydrogens is 436 g/mol. The number of rotatable bonds is 7. The topological polar surface area (TPSA) is 77.4 Å². The Labute approximate surface area is 198 Å². The number of fused-ring (bicyclic) bond motifs is 3. The minimum Gasteiger partial charge on any atom is -0.494 e. The quantitative estimate of drug-likeness (QED) is 0.426. The maximum Gasteiger partial charge on any atom is 0.247 e. The van der Waals surface area contributed by atoms with Crippen LogP contribution in [0.1, 0.15) is 45.9 Å². The monoisotopic (exact) mass is 464 g/mol. The summed E-state index contributed by atoms with van der Waals surface area (Å²) in [6, 6.07) is 15.2.